The minimum absolute atomic E-state index is 0.0250. The van der Waals surface area contributed by atoms with E-state index in [0.29, 0.717) is 11.4 Å². The van der Waals surface area contributed by atoms with Crippen LogP contribution in [0.2, 0.25) is 0 Å². The second-order valence-corrected chi connectivity index (χ2v) is 7.55. The number of carbonyl (C=O) groups excluding carboxylic acids is 2. The Hall–Kier alpha value is -3.80. The number of halogens is 1. The van der Waals surface area contributed by atoms with Gasteiger partial charge >= 0.3 is 0 Å². The van der Waals surface area contributed by atoms with E-state index in [1.54, 1.807) is 31.2 Å². The van der Waals surface area contributed by atoms with Crippen LogP contribution in [0.3, 0.4) is 0 Å². The second-order valence-electron chi connectivity index (χ2n) is 7.55. The van der Waals surface area contributed by atoms with Crippen molar-refractivity contribution in [2.45, 2.75) is 19.3 Å². The van der Waals surface area contributed by atoms with Gasteiger partial charge in [-0.15, -0.1) is 0 Å². The third-order valence-electron chi connectivity index (χ3n) is 5.35. The molecule has 0 saturated heterocycles. The van der Waals surface area contributed by atoms with Gasteiger partial charge in [-0.05, 0) is 54.7 Å². The van der Waals surface area contributed by atoms with Crippen LogP contribution in [0.25, 0.3) is 0 Å². The summed E-state index contributed by atoms with van der Waals surface area (Å²) in [6, 6.07) is 22.8. The second kappa shape index (κ2) is 8.92. The molecular weight excluding hydrogens is 393 g/mol. The average molecular weight is 415 g/mol. The van der Waals surface area contributed by atoms with Crippen LogP contribution in [0.4, 0.5) is 10.1 Å². The van der Waals surface area contributed by atoms with Crippen molar-refractivity contribution in [3.63, 3.8) is 0 Å². The van der Waals surface area contributed by atoms with E-state index in [-0.39, 0.29) is 23.3 Å². The van der Waals surface area contributed by atoms with E-state index in [1.807, 2.05) is 36.4 Å². The highest BCUT2D eigenvalue weighted by Gasteiger charge is 2.43. The lowest BCUT2D eigenvalue weighted by molar-refractivity contribution is -0.122. The molecule has 2 N–H and O–H groups in total. The molecule has 6 heteroatoms. The molecule has 0 unspecified atom stereocenters. The average Bonchev–Trinajstić information content (AvgIpc) is 3.59. The molecule has 31 heavy (non-hydrogen) atoms. The van der Waals surface area contributed by atoms with Crippen molar-refractivity contribution in [2.24, 2.45) is 11.0 Å². The van der Waals surface area contributed by atoms with Crippen LogP contribution in [0.5, 0.6) is 0 Å². The number of carbonyl (C=O) groups is 2. The first-order valence-corrected chi connectivity index (χ1v) is 10.1. The molecule has 3 aromatic carbocycles. The molecule has 0 aromatic heterocycles. The highest BCUT2D eigenvalue weighted by molar-refractivity contribution is 6.06. The van der Waals surface area contributed by atoms with Crippen LogP contribution in [-0.4, -0.2) is 17.5 Å². The first-order valence-electron chi connectivity index (χ1n) is 10.1. The summed E-state index contributed by atoms with van der Waals surface area (Å²) in [6.45, 7) is 1.78. The lowest BCUT2D eigenvalue weighted by Gasteiger charge is -2.08. The Kier molecular flexibility index (Phi) is 5.89. The maximum atomic E-state index is 13.8. The Morgan fingerprint density at radius 1 is 0.968 bits per heavy atom. The lowest BCUT2D eigenvalue weighted by Crippen LogP contribution is -2.21. The highest BCUT2D eigenvalue weighted by Crippen LogP contribution is 2.47. The zero-order valence-electron chi connectivity index (χ0n) is 17.0. The first kappa shape index (κ1) is 20.5. The fourth-order valence-electron chi connectivity index (χ4n) is 3.51. The molecule has 0 radical (unpaired) electrons. The number of amides is 2. The molecule has 4 rings (SSSR count). The van der Waals surface area contributed by atoms with E-state index in [2.05, 4.69) is 15.8 Å². The fraction of sp³-hybridized carbons (Fsp3) is 0.160. The van der Waals surface area contributed by atoms with E-state index < -0.39 is 11.7 Å². The molecule has 3 aromatic rings. The molecule has 1 aliphatic rings. The topological polar surface area (TPSA) is 70.6 Å². The molecule has 1 fully saturated rings. The van der Waals surface area contributed by atoms with Gasteiger partial charge in [0, 0.05) is 11.6 Å². The summed E-state index contributed by atoms with van der Waals surface area (Å²) in [5.41, 5.74) is 5.65. The van der Waals surface area contributed by atoms with Crippen LogP contribution in [0.15, 0.2) is 84.0 Å². The molecule has 2 atom stereocenters. The van der Waals surface area contributed by atoms with E-state index in [0.717, 1.165) is 12.0 Å². The quantitative estimate of drug-likeness (QED) is 0.452. The van der Waals surface area contributed by atoms with Gasteiger partial charge in [-0.25, -0.2) is 9.82 Å². The normalized spacial score (nSPS) is 17.7. The number of anilines is 1. The van der Waals surface area contributed by atoms with E-state index >= 15 is 0 Å². The van der Waals surface area contributed by atoms with Gasteiger partial charge in [-0.3, -0.25) is 9.59 Å². The zero-order chi connectivity index (χ0) is 21.8. The van der Waals surface area contributed by atoms with Crippen LogP contribution in [0, 0.1) is 11.7 Å². The molecule has 0 bridgehead atoms. The summed E-state index contributed by atoms with van der Waals surface area (Å²) < 4.78 is 13.8. The Morgan fingerprint density at radius 2 is 1.71 bits per heavy atom. The van der Waals surface area contributed by atoms with Crippen LogP contribution < -0.4 is 10.7 Å². The Labute approximate surface area is 180 Å². The number of rotatable bonds is 6. The minimum atomic E-state index is -0.578. The van der Waals surface area contributed by atoms with Crippen LogP contribution in [-0.2, 0) is 4.79 Å². The lowest BCUT2D eigenvalue weighted by atomic mass is 10.1. The van der Waals surface area contributed by atoms with Gasteiger partial charge < -0.3 is 5.32 Å². The molecule has 1 saturated carbocycles. The summed E-state index contributed by atoms with van der Waals surface area (Å²) in [6.07, 6.45) is 0.821. The standard InChI is InChI=1S/C25H22FN3O2/c1-16(28-29-25(31)22-15-21(22)17-8-3-2-4-9-17)18-10-7-11-19(14-18)27-24(30)20-12-5-6-13-23(20)26/h2-14,21-22H,15H2,1H3,(H,27,30)(H,29,31)/b28-16+/t21-,22+/m0/s1. The predicted octanol–water partition coefficient (Wildman–Crippen LogP) is 4.72. The van der Waals surface area contributed by atoms with E-state index in [4.69, 9.17) is 0 Å². The Morgan fingerprint density at radius 3 is 2.48 bits per heavy atom. The number of hydrogen-bond acceptors (Lipinski definition) is 3. The monoisotopic (exact) mass is 415 g/mol. The molecule has 0 heterocycles. The van der Waals surface area contributed by atoms with Crippen LogP contribution in [0.1, 0.15) is 40.7 Å². The molecule has 156 valence electrons. The van der Waals surface area contributed by atoms with Gasteiger partial charge in [-0.2, -0.15) is 5.10 Å². The SMILES string of the molecule is C/C(=N\NC(=O)[C@@H]1C[C@H]1c1ccccc1)c1cccc(NC(=O)c2ccccc2F)c1. The maximum Gasteiger partial charge on any atom is 0.258 e. The first-order chi connectivity index (χ1) is 15.0. The summed E-state index contributed by atoms with van der Waals surface area (Å²) in [5, 5.41) is 6.91. The summed E-state index contributed by atoms with van der Waals surface area (Å²) in [5.74, 6) is -1.03. The van der Waals surface area contributed by atoms with Crippen molar-refractivity contribution in [3.8, 4) is 0 Å². The van der Waals surface area contributed by atoms with Gasteiger partial charge in [0.05, 0.1) is 11.3 Å². The number of nitrogens with one attached hydrogen (secondary N) is 2. The van der Waals surface area contributed by atoms with E-state index in [1.165, 1.54) is 23.8 Å². The third-order valence-corrected chi connectivity index (χ3v) is 5.35. The number of hydrogen-bond donors (Lipinski definition) is 2. The summed E-state index contributed by atoms with van der Waals surface area (Å²) >= 11 is 0. The largest absolute Gasteiger partial charge is 0.322 e. The van der Waals surface area contributed by atoms with Gasteiger partial charge in [-0.1, -0.05) is 54.6 Å². The van der Waals surface area contributed by atoms with Gasteiger partial charge in [0.25, 0.3) is 5.91 Å². The van der Waals surface area contributed by atoms with Crippen LogP contribution >= 0.6 is 0 Å². The minimum Gasteiger partial charge on any atom is -0.322 e. The Balaban J connectivity index is 1.38. The molecular formula is C25H22FN3O2. The fourth-order valence-corrected chi connectivity index (χ4v) is 3.51. The smallest absolute Gasteiger partial charge is 0.258 e. The summed E-state index contributed by atoms with van der Waals surface area (Å²) in [7, 11) is 0. The maximum absolute atomic E-state index is 13.8. The highest BCUT2D eigenvalue weighted by atomic mass is 19.1. The molecule has 5 nitrogen and oxygen atoms in total. The van der Waals surface area contributed by atoms with Crippen molar-refractivity contribution in [1.29, 1.82) is 0 Å². The molecule has 1 aliphatic carbocycles. The molecule has 0 aliphatic heterocycles. The van der Waals surface area contributed by atoms with Crippen molar-refractivity contribution in [3.05, 3.63) is 101 Å². The molecule has 2 amide bonds. The summed E-state index contributed by atoms with van der Waals surface area (Å²) in [4.78, 5) is 24.7. The predicted molar refractivity (Wildman–Crippen MR) is 118 cm³/mol. The third kappa shape index (κ3) is 4.86. The van der Waals surface area contributed by atoms with Gasteiger partial charge in [0.2, 0.25) is 5.91 Å². The van der Waals surface area contributed by atoms with Crippen molar-refractivity contribution in [1.82, 2.24) is 5.43 Å². The van der Waals surface area contributed by atoms with Gasteiger partial charge in [0.1, 0.15) is 5.82 Å². The number of hydrazone groups is 1. The van der Waals surface area contributed by atoms with Crippen molar-refractivity contribution < 1.29 is 14.0 Å². The van der Waals surface area contributed by atoms with Crippen molar-refractivity contribution in [2.75, 3.05) is 5.32 Å². The van der Waals surface area contributed by atoms with E-state index in [9.17, 15) is 14.0 Å². The Bertz CT molecular complexity index is 1140. The van der Waals surface area contributed by atoms with Crippen molar-refractivity contribution >= 4 is 23.2 Å². The zero-order valence-corrected chi connectivity index (χ0v) is 17.0. The molecule has 0 spiro atoms. The number of benzene rings is 3. The van der Waals surface area contributed by atoms with Gasteiger partial charge in [0.15, 0.2) is 0 Å². The number of nitrogens with zero attached hydrogens (tertiary/aromatic N) is 1.